The van der Waals surface area contributed by atoms with Crippen molar-refractivity contribution in [3.63, 3.8) is 0 Å². The van der Waals surface area contributed by atoms with Crippen molar-refractivity contribution in [2.24, 2.45) is 0 Å². The molecule has 5 heteroatoms. The fourth-order valence-corrected chi connectivity index (χ4v) is 3.15. The minimum absolute atomic E-state index is 0.101. The Morgan fingerprint density at radius 1 is 1.17 bits per heavy atom. The fourth-order valence-electron chi connectivity index (χ4n) is 2.97. The van der Waals surface area contributed by atoms with Gasteiger partial charge in [0.25, 0.3) is 5.91 Å². The Labute approximate surface area is 146 Å². The van der Waals surface area contributed by atoms with Crippen LogP contribution in [0.1, 0.15) is 28.8 Å². The summed E-state index contributed by atoms with van der Waals surface area (Å²) in [5, 5.41) is 3.48. The van der Waals surface area contributed by atoms with Crippen molar-refractivity contribution >= 4 is 29.1 Å². The molecule has 0 radical (unpaired) electrons. The predicted octanol–water partition coefficient (Wildman–Crippen LogP) is 3.89. The summed E-state index contributed by atoms with van der Waals surface area (Å²) in [6.45, 7) is 2.51. The topological polar surface area (TPSA) is 49.4 Å². The summed E-state index contributed by atoms with van der Waals surface area (Å²) in [6.07, 6.45) is 1.50. The molecule has 0 unspecified atom stereocenters. The van der Waals surface area contributed by atoms with Crippen LogP contribution in [0.15, 0.2) is 48.5 Å². The molecule has 1 heterocycles. The van der Waals surface area contributed by atoms with E-state index in [1.807, 2.05) is 31.2 Å². The van der Waals surface area contributed by atoms with Crippen molar-refractivity contribution in [2.45, 2.75) is 25.8 Å². The number of halogens is 1. The number of hydrogen-bond acceptors (Lipinski definition) is 2. The van der Waals surface area contributed by atoms with Gasteiger partial charge in [-0.2, -0.15) is 0 Å². The van der Waals surface area contributed by atoms with Crippen LogP contribution in [-0.4, -0.2) is 29.3 Å². The third kappa shape index (κ3) is 3.44. The molecular formula is C19H19ClN2O2. The van der Waals surface area contributed by atoms with E-state index in [1.165, 1.54) is 0 Å². The molecule has 24 heavy (non-hydrogen) atoms. The molecule has 0 saturated carbocycles. The standard InChI is InChI=1S/C19H19ClN2O2/c1-13-9-10-15(20)12-16(13)21-18(23)17-8-5-11-22(17)19(24)14-6-3-2-4-7-14/h2-4,6-7,9-10,12,17H,5,8,11H2,1H3,(H,21,23)/t17-/m1/s1. The molecule has 1 saturated heterocycles. The molecule has 1 atom stereocenters. The van der Waals surface area contributed by atoms with Crippen LogP contribution in [0.25, 0.3) is 0 Å². The summed E-state index contributed by atoms with van der Waals surface area (Å²) in [5.41, 5.74) is 2.23. The van der Waals surface area contributed by atoms with E-state index in [9.17, 15) is 9.59 Å². The van der Waals surface area contributed by atoms with Gasteiger partial charge in [0.2, 0.25) is 5.91 Å². The van der Waals surface area contributed by atoms with E-state index >= 15 is 0 Å². The number of amides is 2. The molecule has 4 nitrogen and oxygen atoms in total. The Morgan fingerprint density at radius 3 is 2.67 bits per heavy atom. The Morgan fingerprint density at radius 2 is 1.92 bits per heavy atom. The first-order valence-electron chi connectivity index (χ1n) is 7.99. The van der Waals surface area contributed by atoms with Crippen molar-refractivity contribution < 1.29 is 9.59 Å². The van der Waals surface area contributed by atoms with E-state index in [-0.39, 0.29) is 11.8 Å². The summed E-state index contributed by atoms with van der Waals surface area (Å²) in [4.78, 5) is 27.0. The first kappa shape index (κ1) is 16.5. The van der Waals surface area contributed by atoms with Crippen LogP contribution in [0.4, 0.5) is 5.69 Å². The minimum atomic E-state index is -0.448. The first-order valence-corrected chi connectivity index (χ1v) is 8.37. The van der Waals surface area contributed by atoms with E-state index in [4.69, 9.17) is 11.6 Å². The quantitative estimate of drug-likeness (QED) is 0.919. The van der Waals surface area contributed by atoms with Crippen molar-refractivity contribution in [1.29, 1.82) is 0 Å². The molecule has 1 aliphatic heterocycles. The smallest absolute Gasteiger partial charge is 0.254 e. The number of rotatable bonds is 3. The van der Waals surface area contributed by atoms with Gasteiger partial charge in [-0.15, -0.1) is 0 Å². The van der Waals surface area contributed by atoms with E-state index in [0.717, 1.165) is 12.0 Å². The van der Waals surface area contributed by atoms with Crippen LogP contribution in [0.5, 0.6) is 0 Å². The molecule has 0 spiro atoms. The van der Waals surface area contributed by atoms with Gasteiger partial charge in [-0.25, -0.2) is 0 Å². The van der Waals surface area contributed by atoms with Crippen LogP contribution in [0.2, 0.25) is 5.02 Å². The molecule has 3 rings (SSSR count). The predicted molar refractivity (Wildman–Crippen MR) is 95.3 cm³/mol. The number of nitrogens with one attached hydrogen (secondary N) is 1. The molecule has 1 fully saturated rings. The highest BCUT2D eigenvalue weighted by Gasteiger charge is 2.34. The maximum atomic E-state index is 12.7. The number of carbonyl (C=O) groups excluding carboxylic acids is 2. The average Bonchev–Trinajstić information content (AvgIpc) is 3.08. The summed E-state index contributed by atoms with van der Waals surface area (Å²) < 4.78 is 0. The third-order valence-electron chi connectivity index (χ3n) is 4.29. The molecule has 1 N–H and O–H groups in total. The highest BCUT2D eigenvalue weighted by molar-refractivity contribution is 6.31. The zero-order chi connectivity index (χ0) is 17.1. The number of benzene rings is 2. The van der Waals surface area contributed by atoms with E-state index in [1.54, 1.807) is 29.2 Å². The van der Waals surface area contributed by atoms with Crippen LogP contribution < -0.4 is 5.32 Å². The van der Waals surface area contributed by atoms with E-state index in [0.29, 0.717) is 29.2 Å². The monoisotopic (exact) mass is 342 g/mol. The van der Waals surface area contributed by atoms with Gasteiger partial charge in [-0.1, -0.05) is 35.9 Å². The van der Waals surface area contributed by atoms with Crippen LogP contribution >= 0.6 is 11.6 Å². The molecule has 0 bridgehead atoms. The third-order valence-corrected chi connectivity index (χ3v) is 4.53. The second-order valence-electron chi connectivity index (χ2n) is 5.97. The first-order chi connectivity index (χ1) is 11.6. The van der Waals surface area contributed by atoms with Crippen LogP contribution in [0, 0.1) is 6.92 Å². The largest absolute Gasteiger partial charge is 0.327 e. The maximum absolute atomic E-state index is 12.7. The van der Waals surface area contributed by atoms with Gasteiger partial charge in [0, 0.05) is 22.8 Å². The Hall–Kier alpha value is -2.33. The fraction of sp³-hybridized carbons (Fsp3) is 0.263. The lowest BCUT2D eigenvalue weighted by molar-refractivity contribution is -0.119. The molecule has 124 valence electrons. The number of hydrogen-bond donors (Lipinski definition) is 1. The molecule has 2 aromatic carbocycles. The van der Waals surface area contributed by atoms with E-state index in [2.05, 4.69) is 5.32 Å². The minimum Gasteiger partial charge on any atom is -0.327 e. The van der Waals surface area contributed by atoms with Gasteiger partial charge in [0.15, 0.2) is 0 Å². The molecule has 0 aliphatic carbocycles. The van der Waals surface area contributed by atoms with Gasteiger partial charge >= 0.3 is 0 Å². The van der Waals surface area contributed by atoms with Crippen LogP contribution in [0.3, 0.4) is 0 Å². The number of carbonyl (C=O) groups is 2. The van der Waals surface area contributed by atoms with Crippen molar-refractivity contribution in [3.8, 4) is 0 Å². The number of aryl methyl sites for hydroxylation is 1. The zero-order valence-corrected chi connectivity index (χ0v) is 14.2. The molecule has 2 aromatic rings. The van der Waals surface area contributed by atoms with Crippen molar-refractivity contribution in [3.05, 3.63) is 64.7 Å². The molecule has 0 aromatic heterocycles. The van der Waals surface area contributed by atoms with Gasteiger partial charge in [-0.05, 0) is 49.6 Å². The SMILES string of the molecule is Cc1ccc(Cl)cc1NC(=O)[C@H]1CCCN1C(=O)c1ccccc1. The Balaban J connectivity index is 1.76. The van der Waals surface area contributed by atoms with Gasteiger partial charge in [0.05, 0.1) is 0 Å². The number of anilines is 1. The summed E-state index contributed by atoms with van der Waals surface area (Å²) in [6, 6.07) is 14.0. The van der Waals surface area contributed by atoms with Crippen LogP contribution in [-0.2, 0) is 4.79 Å². The Kier molecular flexibility index (Phi) is 4.86. The molecule has 1 aliphatic rings. The maximum Gasteiger partial charge on any atom is 0.254 e. The summed E-state index contributed by atoms with van der Waals surface area (Å²) >= 11 is 6.00. The summed E-state index contributed by atoms with van der Waals surface area (Å²) in [5.74, 6) is -0.266. The normalized spacial score (nSPS) is 16.9. The number of nitrogens with zero attached hydrogens (tertiary/aromatic N) is 1. The lowest BCUT2D eigenvalue weighted by Gasteiger charge is -2.24. The van der Waals surface area contributed by atoms with E-state index < -0.39 is 6.04 Å². The highest BCUT2D eigenvalue weighted by Crippen LogP contribution is 2.24. The van der Waals surface area contributed by atoms with Crippen molar-refractivity contribution in [1.82, 2.24) is 4.90 Å². The Bertz CT molecular complexity index is 761. The highest BCUT2D eigenvalue weighted by atomic mass is 35.5. The van der Waals surface area contributed by atoms with Gasteiger partial charge < -0.3 is 10.2 Å². The average molecular weight is 343 g/mol. The van der Waals surface area contributed by atoms with Crippen molar-refractivity contribution in [2.75, 3.05) is 11.9 Å². The molecular weight excluding hydrogens is 324 g/mol. The molecule has 2 amide bonds. The number of likely N-dealkylation sites (tertiary alicyclic amines) is 1. The zero-order valence-electron chi connectivity index (χ0n) is 13.5. The van der Waals surface area contributed by atoms with Gasteiger partial charge in [-0.3, -0.25) is 9.59 Å². The lowest BCUT2D eigenvalue weighted by Crippen LogP contribution is -2.43. The second kappa shape index (κ2) is 7.05. The lowest BCUT2D eigenvalue weighted by atomic mass is 10.1. The summed E-state index contributed by atoms with van der Waals surface area (Å²) in [7, 11) is 0. The second-order valence-corrected chi connectivity index (χ2v) is 6.41. The van der Waals surface area contributed by atoms with Gasteiger partial charge in [0.1, 0.15) is 6.04 Å².